The Hall–Kier alpha value is -2.53. The van der Waals surface area contributed by atoms with Crippen LogP contribution in [0.2, 0.25) is 5.02 Å². The Bertz CT molecular complexity index is 715. The van der Waals surface area contributed by atoms with Gasteiger partial charge in [0, 0.05) is 11.1 Å². The number of primary amides is 1. The number of rotatable bonds is 6. The third kappa shape index (κ3) is 3.56. The minimum absolute atomic E-state index is 0.178. The zero-order chi connectivity index (χ0) is 16.1. The summed E-state index contributed by atoms with van der Waals surface area (Å²) in [7, 11) is 1.46. The number of ether oxygens (including phenoxy) is 2. The molecule has 2 rings (SSSR count). The van der Waals surface area contributed by atoms with E-state index in [1.807, 2.05) is 0 Å². The van der Waals surface area contributed by atoms with Gasteiger partial charge in [-0.25, -0.2) is 0 Å². The average Bonchev–Trinajstić information content (AvgIpc) is 2.53. The van der Waals surface area contributed by atoms with Crippen molar-refractivity contribution in [3.05, 3.63) is 58.1 Å². The van der Waals surface area contributed by atoms with Gasteiger partial charge < -0.3 is 15.2 Å². The van der Waals surface area contributed by atoms with Crippen molar-refractivity contribution in [1.29, 1.82) is 0 Å². The van der Waals surface area contributed by atoms with Gasteiger partial charge in [-0.05, 0) is 29.8 Å². The third-order valence-electron chi connectivity index (χ3n) is 2.98. The van der Waals surface area contributed by atoms with E-state index in [0.717, 1.165) is 5.56 Å². The standard InChI is InChI=1S/C16H14ClNO4/c1-21-14-7-11(8-19)6-13(17)15(14)22-9-10-3-2-4-12(5-10)16(18)20/h2-8H,9H2,1H3,(H2,18,20). The number of aldehydes is 1. The Balaban J connectivity index is 2.23. The van der Waals surface area contributed by atoms with Crippen LogP contribution >= 0.6 is 11.6 Å². The number of amides is 1. The number of halogens is 1. The maximum Gasteiger partial charge on any atom is 0.248 e. The second kappa shape index (κ2) is 6.95. The van der Waals surface area contributed by atoms with Gasteiger partial charge in [0.05, 0.1) is 12.1 Å². The summed E-state index contributed by atoms with van der Waals surface area (Å²) in [6.07, 6.45) is 0.675. The van der Waals surface area contributed by atoms with Gasteiger partial charge >= 0.3 is 0 Å². The number of nitrogens with two attached hydrogens (primary N) is 1. The molecule has 0 spiro atoms. The normalized spacial score (nSPS) is 10.1. The smallest absolute Gasteiger partial charge is 0.248 e. The molecule has 2 N–H and O–H groups in total. The predicted molar refractivity (Wildman–Crippen MR) is 82.7 cm³/mol. The van der Waals surface area contributed by atoms with Crippen LogP contribution in [0.4, 0.5) is 0 Å². The SMILES string of the molecule is COc1cc(C=O)cc(Cl)c1OCc1cccc(C(N)=O)c1. The van der Waals surface area contributed by atoms with Crippen LogP contribution in [0.15, 0.2) is 36.4 Å². The third-order valence-corrected chi connectivity index (χ3v) is 3.26. The summed E-state index contributed by atoms with van der Waals surface area (Å²) in [5, 5.41) is 0.271. The highest BCUT2D eigenvalue weighted by molar-refractivity contribution is 6.32. The summed E-state index contributed by atoms with van der Waals surface area (Å²) >= 11 is 6.10. The Kier molecular flexibility index (Phi) is 5.01. The van der Waals surface area contributed by atoms with Crippen LogP contribution < -0.4 is 15.2 Å². The minimum atomic E-state index is -0.507. The first kappa shape index (κ1) is 15.9. The van der Waals surface area contributed by atoms with Gasteiger partial charge in [-0.15, -0.1) is 0 Å². The molecule has 0 saturated carbocycles. The number of carbonyl (C=O) groups is 2. The van der Waals surface area contributed by atoms with E-state index in [0.29, 0.717) is 28.9 Å². The van der Waals surface area contributed by atoms with Crippen molar-refractivity contribution in [1.82, 2.24) is 0 Å². The fraction of sp³-hybridized carbons (Fsp3) is 0.125. The zero-order valence-corrected chi connectivity index (χ0v) is 12.6. The maximum atomic E-state index is 11.2. The first-order chi connectivity index (χ1) is 10.5. The van der Waals surface area contributed by atoms with E-state index in [1.165, 1.54) is 19.2 Å². The van der Waals surface area contributed by atoms with Gasteiger partial charge in [0.1, 0.15) is 12.9 Å². The fourth-order valence-corrected chi connectivity index (χ4v) is 2.19. The van der Waals surface area contributed by atoms with Crippen molar-refractivity contribution in [2.45, 2.75) is 6.61 Å². The molecule has 0 aliphatic heterocycles. The van der Waals surface area contributed by atoms with E-state index >= 15 is 0 Å². The summed E-state index contributed by atoms with van der Waals surface area (Å²) in [6, 6.07) is 9.81. The van der Waals surface area contributed by atoms with Crippen LogP contribution in [-0.4, -0.2) is 19.3 Å². The van der Waals surface area contributed by atoms with Gasteiger partial charge in [0.15, 0.2) is 11.5 Å². The highest BCUT2D eigenvalue weighted by atomic mass is 35.5. The molecule has 0 radical (unpaired) electrons. The largest absolute Gasteiger partial charge is 0.493 e. The van der Waals surface area contributed by atoms with E-state index < -0.39 is 5.91 Å². The fourth-order valence-electron chi connectivity index (χ4n) is 1.92. The van der Waals surface area contributed by atoms with Crippen LogP contribution in [0.1, 0.15) is 26.3 Å². The molecule has 6 heteroatoms. The number of hydrogen-bond donors (Lipinski definition) is 1. The second-order valence-electron chi connectivity index (χ2n) is 4.51. The van der Waals surface area contributed by atoms with Crippen molar-refractivity contribution in [2.75, 3.05) is 7.11 Å². The molecule has 0 aliphatic rings. The Morgan fingerprint density at radius 2 is 2.09 bits per heavy atom. The molecule has 0 aromatic heterocycles. The van der Waals surface area contributed by atoms with E-state index in [9.17, 15) is 9.59 Å². The second-order valence-corrected chi connectivity index (χ2v) is 4.91. The molecular formula is C16H14ClNO4. The summed E-state index contributed by atoms with van der Waals surface area (Å²) in [5.41, 5.74) is 6.79. The maximum absolute atomic E-state index is 11.2. The number of methoxy groups -OCH3 is 1. The molecular weight excluding hydrogens is 306 g/mol. The molecule has 5 nitrogen and oxygen atoms in total. The van der Waals surface area contributed by atoms with Crippen LogP contribution in [0.5, 0.6) is 11.5 Å². The number of benzene rings is 2. The topological polar surface area (TPSA) is 78.6 Å². The van der Waals surface area contributed by atoms with Crippen molar-refractivity contribution >= 4 is 23.8 Å². The first-order valence-electron chi connectivity index (χ1n) is 6.39. The predicted octanol–water partition coefficient (Wildman–Crippen LogP) is 2.84. The summed E-state index contributed by atoms with van der Waals surface area (Å²) < 4.78 is 10.8. The molecule has 0 aliphatic carbocycles. The van der Waals surface area contributed by atoms with Gasteiger partial charge in [-0.2, -0.15) is 0 Å². The van der Waals surface area contributed by atoms with Gasteiger partial charge in [-0.1, -0.05) is 23.7 Å². The van der Waals surface area contributed by atoms with Crippen molar-refractivity contribution in [3.8, 4) is 11.5 Å². The number of hydrogen-bond acceptors (Lipinski definition) is 4. The summed E-state index contributed by atoms with van der Waals surface area (Å²) in [6.45, 7) is 0.178. The lowest BCUT2D eigenvalue weighted by atomic mass is 10.1. The van der Waals surface area contributed by atoms with Crippen LogP contribution in [0.3, 0.4) is 0 Å². The molecule has 2 aromatic carbocycles. The van der Waals surface area contributed by atoms with Crippen LogP contribution in [0, 0.1) is 0 Å². The quantitative estimate of drug-likeness (QED) is 0.830. The molecule has 1 amide bonds. The van der Waals surface area contributed by atoms with Crippen LogP contribution in [-0.2, 0) is 6.61 Å². The Labute approximate surface area is 132 Å². The van der Waals surface area contributed by atoms with Crippen LogP contribution in [0.25, 0.3) is 0 Å². The summed E-state index contributed by atoms with van der Waals surface area (Å²) in [4.78, 5) is 22.0. The monoisotopic (exact) mass is 319 g/mol. The van der Waals surface area contributed by atoms with E-state index in [1.54, 1.807) is 24.3 Å². The van der Waals surface area contributed by atoms with E-state index in [2.05, 4.69) is 0 Å². The molecule has 0 bridgehead atoms. The minimum Gasteiger partial charge on any atom is -0.493 e. The molecule has 2 aromatic rings. The van der Waals surface area contributed by atoms with E-state index in [-0.39, 0.29) is 11.6 Å². The van der Waals surface area contributed by atoms with E-state index in [4.69, 9.17) is 26.8 Å². The molecule has 0 atom stereocenters. The summed E-state index contributed by atoms with van der Waals surface area (Å²) in [5.74, 6) is 0.188. The lowest BCUT2D eigenvalue weighted by molar-refractivity contribution is 0.0999. The molecule has 0 fully saturated rings. The van der Waals surface area contributed by atoms with Crippen molar-refractivity contribution in [3.63, 3.8) is 0 Å². The molecule has 22 heavy (non-hydrogen) atoms. The molecule has 0 unspecified atom stereocenters. The Morgan fingerprint density at radius 3 is 2.73 bits per heavy atom. The average molecular weight is 320 g/mol. The van der Waals surface area contributed by atoms with Crippen molar-refractivity contribution < 1.29 is 19.1 Å². The highest BCUT2D eigenvalue weighted by Gasteiger charge is 2.12. The lowest BCUT2D eigenvalue weighted by Crippen LogP contribution is -2.11. The molecule has 114 valence electrons. The lowest BCUT2D eigenvalue weighted by Gasteiger charge is -2.13. The number of carbonyl (C=O) groups excluding carboxylic acids is 2. The van der Waals surface area contributed by atoms with Crippen molar-refractivity contribution in [2.24, 2.45) is 5.73 Å². The zero-order valence-electron chi connectivity index (χ0n) is 11.8. The molecule has 0 saturated heterocycles. The van der Waals surface area contributed by atoms with Gasteiger partial charge in [0.25, 0.3) is 0 Å². The Morgan fingerprint density at radius 1 is 1.32 bits per heavy atom. The first-order valence-corrected chi connectivity index (χ1v) is 6.77. The molecule has 0 heterocycles. The van der Waals surface area contributed by atoms with Gasteiger partial charge in [0.2, 0.25) is 5.91 Å². The van der Waals surface area contributed by atoms with Gasteiger partial charge in [-0.3, -0.25) is 9.59 Å². The highest BCUT2D eigenvalue weighted by Crippen LogP contribution is 2.36.